The average molecular weight is 274 g/mol. The molecule has 108 valence electrons. The number of likely N-dealkylation sites (tertiary alicyclic amines) is 1. The first kappa shape index (κ1) is 14.6. The van der Waals surface area contributed by atoms with Crippen LogP contribution in [0.5, 0.6) is 0 Å². The second-order valence-electron chi connectivity index (χ2n) is 6.10. The highest BCUT2D eigenvalue weighted by Crippen LogP contribution is 2.38. The molecular formula is C16H22N2O2. The quantitative estimate of drug-likeness (QED) is 0.910. The highest BCUT2D eigenvalue weighted by molar-refractivity contribution is 5.88. The Labute approximate surface area is 120 Å². The van der Waals surface area contributed by atoms with E-state index in [-0.39, 0.29) is 29.6 Å². The molecule has 4 nitrogen and oxygen atoms in total. The maximum absolute atomic E-state index is 12.5. The normalized spacial score (nSPS) is 21.1. The molecule has 4 heteroatoms. The smallest absolute Gasteiger partial charge is 0.227 e. The minimum absolute atomic E-state index is 0.0713. The number of hydrogen-bond acceptors (Lipinski definition) is 2. The van der Waals surface area contributed by atoms with E-state index in [0.717, 1.165) is 5.56 Å². The molecule has 0 spiro atoms. The first-order valence-electron chi connectivity index (χ1n) is 6.97. The fourth-order valence-corrected chi connectivity index (χ4v) is 2.82. The highest BCUT2D eigenvalue weighted by Gasteiger charge is 2.46. The van der Waals surface area contributed by atoms with Crippen LogP contribution in [0.1, 0.15) is 25.8 Å². The Morgan fingerprint density at radius 3 is 2.60 bits per heavy atom. The van der Waals surface area contributed by atoms with Crippen LogP contribution in [-0.4, -0.2) is 30.3 Å². The lowest BCUT2D eigenvalue weighted by atomic mass is 9.79. The second kappa shape index (κ2) is 5.65. The summed E-state index contributed by atoms with van der Waals surface area (Å²) in [5.74, 6) is -0.216. The molecule has 1 aliphatic rings. The lowest BCUT2D eigenvalue weighted by molar-refractivity contribution is -0.135. The van der Waals surface area contributed by atoms with Crippen LogP contribution in [0, 0.1) is 11.3 Å². The van der Waals surface area contributed by atoms with Crippen molar-refractivity contribution in [3.8, 4) is 0 Å². The zero-order valence-electron chi connectivity index (χ0n) is 12.3. The molecule has 1 aromatic carbocycles. The van der Waals surface area contributed by atoms with Crippen molar-refractivity contribution in [3.05, 3.63) is 35.9 Å². The molecule has 0 bridgehead atoms. The van der Waals surface area contributed by atoms with Gasteiger partial charge >= 0.3 is 0 Å². The van der Waals surface area contributed by atoms with Gasteiger partial charge in [0.2, 0.25) is 11.8 Å². The summed E-state index contributed by atoms with van der Waals surface area (Å²) < 4.78 is 0. The van der Waals surface area contributed by atoms with E-state index in [9.17, 15) is 9.59 Å². The fraction of sp³-hybridized carbons (Fsp3) is 0.500. The number of carbonyl (C=O) groups excluding carboxylic acids is 2. The van der Waals surface area contributed by atoms with Crippen LogP contribution in [0.15, 0.2) is 30.3 Å². The summed E-state index contributed by atoms with van der Waals surface area (Å²) in [6, 6.07) is 9.96. The Morgan fingerprint density at radius 2 is 2.00 bits per heavy atom. The Kier molecular flexibility index (Phi) is 4.12. The SMILES string of the molecule is CNC(=O)C[C@@H]1C(=O)N(Cc2ccccc2)CC1(C)C. The van der Waals surface area contributed by atoms with Gasteiger partial charge < -0.3 is 10.2 Å². The molecule has 2 rings (SSSR count). The predicted octanol–water partition coefficient (Wildman–Crippen LogP) is 1.81. The lowest BCUT2D eigenvalue weighted by Gasteiger charge is -2.23. The number of rotatable bonds is 4. The van der Waals surface area contributed by atoms with Gasteiger partial charge in [-0.3, -0.25) is 9.59 Å². The summed E-state index contributed by atoms with van der Waals surface area (Å²) in [6.07, 6.45) is 0.271. The van der Waals surface area contributed by atoms with E-state index in [2.05, 4.69) is 19.2 Å². The lowest BCUT2D eigenvalue weighted by Crippen LogP contribution is -2.31. The third-order valence-corrected chi connectivity index (χ3v) is 4.04. The van der Waals surface area contributed by atoms with Crippen LogP contribution in [0.3, 0.4) is 0 Å². The van der Waals surface area contributed by atoms with Crippen LogP contribution in [0.25, 0.3) is 0 Å². The molecule has 1 atom stereocenters. The third kappa shape index (κ3) is 3.00. The van der Waals surface area contributed by atoms with Gasteiger partial charge in [0.15, 0.2) is 0 Å². The van der Waals surface area contributed by atoms with E-state index >= 15 is 0 Å². The molecule has 0 aliphatic carbocycles. The monoisotopic (exact) mass is 274 g/mol. The average Bonchev–Trinajstić information content (AvgIpc) is 2.63. The standard InChI is InChI=1S/C16H22N2O2/c1-16(2)11-18(10-12-7-5-4-6-8-12)15(20)13(16)9-14(19)17-3/h4-8,13H,9-11H2,1-3H3,(H,17,19)/t13-/m1/s1. The Balaban J connectivity index is 2.10. The molecule has 2 amide bonds. The van der Waals surface area contributed by atoms with Crippen molar-refractivity contribution >= 4 is 11.8 Å². The van der Waals surface area contributed by atoms with Gasteiger partial charge in [-0.25, -0.2) is 0 Å². The zero-order chi connectivity index (χ0) is 14.8. The molecule has 1 heterocycles. The molecule has 1 N–H and O–H groups in total. The van der Waals surface area contributed by atoms with Gasteiger partial charge in [-0.2, -0.15) is 0 Å². The van der Waals surface area contributed by atoms with Crippen molar-refractivity contribution in [2.75, 3.05) is 13.6 Å². The van der Waals surface area contributed by atoms with E-state index in [1.54, 1.807) is 7.05 Å². The molecule has 20 heavy (non-hydrogen) atoms. The zero-order valence-corrected chi connectivity index (χ0v) is 12.3. The van der Waals surface area contributed by atoms with E-state index in [1.165, 1.54) is 0 Å². The number of carbonyl (C=O) groups is 2. The minimum atomic E-state index is -0.230. The van der Waals surface area contributed by atoms with Crippen molar-refractivity contribution in [1.82, 2.24) is 10.2 Å². The molecule has 1 fully saturated rings. The van der Waals surface area contributed by atoms with Gasteiger partial charge in [0, 0.05) is 26.6 Å². The fourth-order valence-electron chi connectivity index (χ4n) is 2.82. The van der Waals surface area contributed by atoms with Gasteiger partial charge in [-0.15, -0.1) is 0 Å². The maximum Gasteiger partial charge on any atom is 0.227 e. The van der Waals surface area contributed by atoms with Crippen LogP contribution in [0.4, 0.5) is 0 Å². The van der Waals surface area contributed by atoms with Crippen LogP contribution in [0.2, 0.25) is 0 Å². The highest BCUT2D eigenvalue weighted by atomic mass is 16.2. The number of benzene rings is 1. The molecule has 0 saturated carbocycles. The number of nitrogens with one attached hydrogen (secondary N) is 1. The molecule has 0 radical (unpaired) electrons. The van der Waals surface area contributed by atoms with Crippen molar-refractivity contribution in [1.29, 1.82) is 0 Å². The van der Waals surface area contributed by atoms with Crippen LogP contribution >= 0.6 is 0 Å². The molecule has 1 aliphatic heterocycles. The number of hydrogen-bond donors (Lipinski definition) is 1. The van der Waals surface area contributed by atoms with E-state index in [0.29, 0.717) is 13.1 Å². The van der Waals surface area contributed by atoms with E-state index in [1.807, 2.05) is 35.2 Å². The topological polar surface area (TPSA) is 49.4 Å². The van der Waals surface area contributed by atoms with Crippen molar-refractivity contribution in [2.45, 2.75) is 26.8 Å². The first-order chi connectivity index (χ1) is 9.44. The van der Waals surface area contributed by atoms with Crippen LogP contribution < -0.4 is 5.32 Å². The van der Waals surface area contributed by atoms with Crippen LogP contribution in [-0.2, 0) is 16.1 Å². The van der Waals surface area contributed by atoms with Crippen molar-refractivity contribution < 1.29 is 9.59 Å². The molecule has 1 saturated heterocycles. The molecule has 0 unspecified atom stereocenters. The summed E-state index contributed by atoms with van der Waals surface area (Å²) in [4.78, 5) is 26.0. The van der Waals surface area contributed by atoms with Gasteiger partial charge in [0.25, 0.3) is 0 Å². The number of nitrogens with zero attached hydrogens (tertiary/aromatic N) is 1. The Morgan fingerprint density at radius 1 is 1.35 bits per heavy atom. The van der Waals surface area contributed by atoms with E-state index < -0.39 is 0 Å². The summed E-state index contributed by atoms with van der Waals surface area (Å²) in [7, 11) is 1.61. The molecule has 1 aromatic rings. The second-order valence-corrected chi connectivity index (χ2v) is 6.10. The number of amides is 2. The Bertz CT molecular complexity index is 496. The predicted molar refractivity (Wildman–Crippen MR) is 77.8 cm³/mol. The third-order valence-electron chi connectivity index (χ3n) is 4.04. The van der Waals surface area contributed by atoms with Crippen molar-refractivity contribution in [3.63, 3.8) is 0 Å². The minimum Gasteiger partial charge on any atom is -0.359 e. The first-order valence-corrected chi connectivity index (χ1v) is 6.97. The maximum atomic E-state index is 12.5. The van der Waals surface area contributed by atoms with Gasteiger partial charge in [0.1, 0.15) is 0 Å². The molecular weight excluding hydrogens is 252 g/mol. The molecule has 0 aromatic heterocycles. The summed E-state index contributed by atoms with van der Waals surface area (Å²) >= 11 is 0. The summed E-state index contributed by atoms with van der Waals surface area (Å²) in [6.45, 7) is 5.43. The van der Waals surface area contributed by atoms with Gasteiger partial charge in [-0.1, -0.05) is 44.2 Å². The summed E-state index contributed by atoms with van der Waals surface area (Å²) in [5, 5.41) is 2.61. The van der Waals surface area contributed by atoms with Crippen molar-refractivity contribution in [2.24, 2.45) is 11.3 Å². The largest absolute Gasteiger partial charge is 0.359 e. The van der Waals surface area contributed by atoms with Gasteiger partial charge in [0.05, 0.1) is 5.92 Å². The summed E-state index contributed by atoms with van der Waals surface area (Å²) in [5.41, 5.74) is 0.954. The Hall–Kier alpha value is -1.84. The van der Waals surface area contributed by atoms with E-state index in [4.69, 9.17) is 0 Å². The van der Waals surface area contributed by atoms with Gasteiger partial charge in [-0.05, 0) is 11.0 Å².